The summed E-state index contributed by atoms with van der Waals surface area (Å²) in [6, 6.07) is 8.24. The first-order chi connectivity index (χ1) is 9.38. The highest BCUT2D eigenvalue weighted by atomic mass is 16.5. The van der Waals surface area contributed by atoms with E-state index in [1.165, 1.54) is 5.69 Å². The fourth-order valence-electron chi connectivity index (χ4n) is 3.02. The molecule has 19 heavy (non-hydrogen) atoms. The van der Waals surface area contributed by atoms with Gasteiger partial charge in [-0.1, -0.05) is 23.4 Å². The Kier molecular flexibility index (Phi) is 3.69. The quantitative estimate of drug-likeness (QED) is 0.656. The first-order valence-corrected chi connectivity index (χ1v) is 7.01. The molecule has 1 aromatic carbocycles. The molecule has 1 saturated heterocycles. The Morgan fingerprint density at radius 2 is 2.26 bits per heavy atom. The van der Waals surface area contributed by atoms with E-state index in [4.69, 9.17) is 4.74 Å². The molecule has 2 heterocycles. The van der Waals surface area contributed by atoms with Crippen molar-refractivity contribution in [2.24, 2.45) is 11.1 Å². The van der Waals surface area contributed by atoms with Gasteiger partial charge in [-0.3, -0.25) is 0 Å². The maximum atomic E-state index is 9.18. The van der Waals surface area contributed by atoms with E-state index in [9.17, 15) is 5.21 Å². The molecule has 3 rings (SSSR count). The van der Waals surface area contributed by atoms with E-state index in [1.807, 2.05) is 12.1 Å². The van der Waals surface area contributed by atoms with E-state index in [0.717, 1.165) is 56.8 Å². The van der Waals surface area contributed by atoms with Gasteiger partial charge in [0.25, 0.3) is 0 Å². The summed E-state index contributed by atoms with van der Waals surface area (Å²) in [5, 5.41) is 12.7. The molecule has 0 spiro atoms. The van der Waals surface area contributed by atoms with E-state index >= 15 is 0 Å². The van der Waals surface area contributed by atoms with Crippen LogP contribution in [0.5, 0.6) is 0 Å². The Labute approximate surface area is 113 Å². The first-order valence-electron chi connectivity index (χ1n) is 7.01. The lowest BCUT2D eigenvalue weighted by Crippen LogP contribution is -2.30. The Morgan fingerprint density at radius 3 is 3.05 bits per heavy atom. The molecule has 2 aliphatic heterocycles. The van der Waals surface area contributed by atoms with Crippen LogP contribution in [0.2, 0.25) is 0 Å². The van der Waals surface area contributed by atoms with Gasteiger partial charge in [0, 0.05) is 36.9 Å². The molecule has 1 aromatic rings. The predicted molar refractivity (Wildman–Crippen MR) is 75.1 cm³/mol. The molecule has 2 aliphatic rings. The molecule has 0 aromatic heterocycles. The summed E-state index contributed by atoms with van der Waals surface area (Å²) in [6.45, 7) is 3.82. The van der Waals surface area contributed by atoms with Gasteiger partial charge < -0.3 is 14.8 Å². The van der Waals surface area contributed by atoms with Crippen molar-refractivity contribution in [1.82, 2.24) is 0 Å². The van der Waals surface area contributed by atoms with Crippen molar-refractivity contribution in [1.29, 1.82) is 0 Å². The maximum absolute atomic E-state index is 9.18. The van der Waals surface area contributed by atoms with E-state index in [1.54, 1.807) is 0 Å². The van der Waals surface area contributed by atoms with Crippen LogP contribution in [0.4, 0.5) is 5.69 Å². The van der Waals surface area contributed by atoms with Crippen molar-refractivity contribution in [3.05, 3.63) is 29.8 Å². The minimum atomic E-state index is 0.626. The molecule has 0 amide bonds. The molecule has 0 radical (unpaired) electrons. The van der Waals surface area contributed by atoms with Gasteiger partial charge in [-0.05, 0) is 25.3 Å². The molecule has 0 saturated carbocycles. The lowest BCUT2D eigenvalue weighted by molar-refractivity contribution is 0.186. The van der Waals surface area contributed by atoms with Crippen LogP contribution in [-0.4, -0.2) is 37.2 Å². The maximum Gasteiger partial charge on any atom is 0.0889 e. The largest absolute Gasteiger partial charge is 0.411 e. The van der Waals surface area contributed by atoms with Gasteiger partial charge in [-0.15, -0.1) is 0 Å². The van der Waals surface area contributed by atoms with Gasteiger partial charge in [0.2, 0.25) is 0 Å². The van der Waals surface area contributed by atoms with Gasteiger partial charge in [0.05, 0.1) is 12.3 Å². The Morgan fingerprint density at radius 1 is 1.37 bits per heavy atom. The summed E-state index contributed by atoms with van der Waals surface area (Å²) in [5.74, 6) is 0.626. The van der Waals surface area contributed by atoms with Crippen molar-refractivity contribution >= 4 is 11.4 Å². The smallest absolute Gasteiger partial charge is 0.0889 e. The molecule has 4 nitrogen and oxygen atoms in total. The molecular weight excluding hydrogens is 240 g/mol. The van der Waals surface area contributed by atoms with Crippen molar-refractivity contribution < 1.29 is 9.94 Å². The predicted octanol–water partition coefficient (Wildman–Crippen LogP) is 2.50. The summed E-state index contributed by atoms with van der Waals surface area (Å²) in [6.07, 6.45) is 3.02. The molecule has 1 fully saturated rings. The highest BCUT2D eigenvalue weighted by Gasteiger charge is 2.24. The van der Waals surface area contributed by atoms with Gasteiger partial charge in [0.15, 0.2) is 0 Å². The lowest BCUT2D eigenvalue weighted by atomic mass is 10.0. The number of anilines is 1. The highest BCUT2D eigenvalue weighted by Crippen LogP contribution is 2.28. The topological polar surface area (TPSA) is 45.1 Å². The fourth-order valence-corrected chi connectivity index (χ4v) is 3.02. The lowest BCUT2D eigenvalue weighted by Gasteiger charge is -2.27. The fraction of sp³-hybridized carbons (Fsp3) is 0.533. The minimum Gasteiger partial charge on any atom is -0.411 e. The second-order valence-electron chi connectivity index (χ2n) is 5.34. The van der Waals surface area contributed by atoms with Crippen molar-refractivity contribution in [3.63, 3.8) is 0 Å². The Balaban J connectivity index is 1.87. The number of hydrogen-bond donors (Lipinski definition) is 1. The number of rotatable bonds is 2. The van der Waals surface area contributed by atoms with E-state index in [2.05, 4.69) is 22.2 Å². The summed E-state index contributed by atoms with van der Waals surface area (Å²) < 4.78 is 5.47. The van der Waals surface area contributed by atoms with Crippen LogP contribution in [0.15, 0.2) is 29.4 Å². The second kappa shape index (κ2) is 5.61. The minimum absolute atomic E-state index is 0.626. The average molecular weight is 260 g/mol. The van der Waals surface area contributed by atoms with E-state index < -0.39 is 0 Å². The SMILES string of the molecule is O/N=C1/CCCN(CC2CCOC2)c2ccccc21. The standard InChI is InChI=1S/C15H20N2O2/c18-16-14-5-3-8-17(10-12-7-9-19-11-12)15-6-2-1-4-13(14)15/h1-2,4,6,12,18H,3,5,7-11H2/b16-14-. The van der Waals surface area contributed by atoms with Gasteiger partial charge >= 0.3 is 0 Å². The third-order valence-corrected chi connectivity index (χ3v) is 4.02. The van der Waals surface area contributed by atoms with Crippen LogP contribution >= 0.6 is 0 Å². The van der Waals surface area contributed by atoms with Gasteiger partial charge in [-0.2, -0.15) is 0 Å². The Hall–Kier alpha value is -1.55. The number of ether oxygens (including phenoxy) is 1. The molecule has 102 valence electrons. The molecule has 0 bridgehead atoms. The molecule has 1 N–H and O–H groups in total. The molecule has 1 atom stereocenters. The van der Waals surface area contributed by atoms with Crippen molar-refractivity contribution in [3.8, 4) is 0 Å². The van der Waals surface area contributed by atoms with Crippen LogP contribution in [0.1, 0.15) is 24.8 Å². The number of para-hydroxylation sites is 1. The normalized spacial score (nSPS) is 25.4. The summed E-state index contributed by atoms with van der Waals surface area (Å²) in [5.41, 5.74) is 3.07. The van der Waals surface area contributed by atoms with Crippen LogP contribution in [0.25, 0.3) is 0 Å². The Bertz CT molecular complexity index is 467. The average Bonchev–Trinajstić information content (AvgIpc) is 2.89. The number of hydrogen-bond acceptors (Lipinski definition) is 4. The van der Waals surface area contributed by atoms with E-state index in [0.29, 0.717) is 5.92 Å². The molecule has 4 heteroatoms. The molecule has 1 unspecified atom stereocenters. The second-order valence-corrected chi connectivity index (χ2v) is 5.34. The van der Waals surface area contributed by atoms with Crippen LogP contribution in [0.3, 0.4) is 0 Å². The third kappa shape index (κ3) is 2.59. The van der Waals surface area contributed by atoms with Crippen LogP contribution < -0.4 is 4.90 Å². The van der Waals surface area contributed by atoms with Crippen LogP contribution in [-0.2, 0) is 4.74 Å². The first kappa shape index (κ1) is 12.5. The summed E-state index contributed by atoms with van der Waals surface area (Å²) in [4.78, 5) is 2.42. The number of oxime groups is 1. The van der Waals surface area contributed by atoms with Crippen LogP contribution in [0, 0.1) is 5.92 Å². The van der Waals surface area contributed by atoms with E-state index in [-0.39, 0.29) is 0 Å². The summed E-state index contributed by atoms with van der Waals surface area (Å²) >= 11 is 0. The summed E-state index contributed by atoms with van der Waals surface area (Å²) in [7, 11) is 0. The molecular formula is C15H20N2O2. The van der Waals surface area contributed by atoms with Gasteiger partial charge in [-0.25, -0.2) is 0 Å². The van der Waals surface area contributed by atoms with Gasteiger partial charge in [0.1, 0.15) is 0 Å². The number of benzene rings is 1. The number of nitrogens with zero attached hydrogens (tertiary/aromatic N) is 2. The van der Waals surface area contributed by atoms with Crippen molar-refractivity contribution in [2.45, 2.75) is 19.3 Å². The zero-order valence-corrected chi connectivity index (χ0v) is 11.1. The highest BCUT2D eigenvalue weighted by molar-refractivity contribution is 6.05. The zero-order chi connectivity index (χ0) is 13.1. The number of fused-ring (bicyclic) bond motifs is 1. The zero-order valence-electron chi connectivity index (χ0n) is 11.1. The molecule has 0 aliphatic carbocycles. The van der Waals surface area contributed by atoms with Crippen molar-refractivity contribution in [2.75, 3.05) is 31.2 Å². The third-order valence-electron chi connectivity index (χ3n) is 4.02. The monoisotopic (exact) mass is 260 g/mol.